The standard InChI is InChI=1S/C18H19NO/c1-3-7-14(8-4-1)18(15-9-5-2-6-10-15)19-11-17(19)16-12-20-13-16/h1-10,16-18H,11-13H2/t17-,19?/m0/s1. The summed E-state index contributed by atoms with van der Waals surface area (Å²) in [6.07, 6.45) is 0. The molecule has 2 saturated heterocycles. The molecule has 102 valence electrons. The average Bonchev–Trinajstić information content (AvgIpc) is 3.19. The van der Waals surface area contributed by atoms with E-state index in [4.69, 9.17) is 4.74 Å². The lowest BCUT2D eigenvalue weighted by Gasteiger charge is -2.28. The van der Waals surface area contributed by atoms with Gasteiger partial charge >= 0.3 is 0 Å². The Balaban J connectivity index is 1.64. The topological polar surface area (TPSA) is 12.2 Å². The highest BCUT2D eigenvalue weighted by atomic mass is 16.5. The Hall–Kier alpha value is -1.64. The molecule has 0 amide bonds. The fourth-order valence-corrected chi connectivity index (χ4v) is 3.21. The SMILES string of the molecule is c1ccc(C(c2ccccc2)N2C[C@H]2C2COC2)cc1. The minimum absolute atomic E-state index is 0.392. The molecule has 0 radical (unpaired) electrons. The van der Waals surface area contributed by atoms with Crippen molar-refractivity contribution in [3.05, 3.63) is 71.8 Å². The Morgan fingerprint density at radius 2 is 1.40 bits per heavy atom. The highest BCUT2D eigenvalue weighted by Gasteiger charge is 2.47. The summed E-state index contributed by atoms with van der Waals surface area (Å²) in [5.74, 6) is 0.741. The van der Waals surface area contributed by atoms with Crippen molar-refractivity contribution in [3.63, 3.8) is 0 Å². The van der Waals surface area contributed by atoms with E-state index in [0.717, 1.165) is 19.1 Å². The summed E-state index contributed by atoms with van der Waals surface area (Å²) in [6, 6.07) is 22.8. The van der Waals surface area contributed by atoms with Crippen LogP contribution in [0.25, 0.3) is 0 Å². The second-order valence-corrected chi connectivity index (χ2v) is 5.79. The van der Waals surface area contributed by atoms with Crippen LogP contribution in [-0.4, -0.2) is 30.7 Å². The first kappa shape index (κ1) is 12.1. The first-order valence-corrected chi connectivity index (χ1v) is 7.37. The Kier molecular flexibility index (Phi) is 3.06. The smallest absolute Gasteiger partial charge is 0.0605 e. The summed E-state index contributed by atoms with van der Waals surface area (Å²) < 4.78 is 5.35. The zero-order chi connectivity index (χ0) is 13.4. The molecule has 2 atom stereocenters. The van der Waals surface area contributed by atoms with Crippen LogP contribution in [0.5, 0.6) is 0 Å². The Labute approximate surface area is 120 Å². The maximum absolute atomic E-state index is 5.35. The van der Waals surface area contributed by atoms with Crippen molar-refractivity contribution in [2.24, 2.45) is 5.92 Å². The normalized spacial score (nSPS) is 25.4. The van der Waals surface area contributed by atoms with Crippen LogP contribution in [-0.2, 0) is 4.74 Å². The molecule has 2 nitrogen and oxygen atoms in total. The van der Waals surface area contributed by atoms with Crippen LogP contribution in [0, 0.1) is 5.92 Å². The van der Waals surface area contributed by atoms with E-state index in [1.807, 2.05) is 0 Å². The zero-order valence-corrected chi connectivity index (χ0v) is 11.5. The number of ether oxygens (including phenoxy) is 1. The summed E-state index contributed by atoms with van der Waals surface area (Å²) in [7, 11) is 0. The van der Waals surface area contributed by atoms with Gasteiger partial charge in [-0.15, -0.1) is 0 Å². The van der Waals surface area contributed by atoms with Gasteiger partial charge in [0.2, 0.25) is 0 Å². The van der Waals surface area contributed by atoms with Crippen molar-refractivity contribution in [1.82, 2.24) is 4.90 Å². The first-order valence-electron chi connectivity index (χ1n) is 7.37. The van der Waals surface area contributed by atoms with Gasteiger partial charge < -0.3 is 4.74 Å². The van der Waals surface area contributed by atoms with E-state index < -0.39 is 0 Å². The molecular formula is C18H19NO. The van der Waals surface area contributed by atoms with Crippen LogP contribution in [0.4, 0.5) is 0 Å². The Bertz CT molecular complexity index is 525. The zero-order valence-electron chi connectivity index (χ0n) is 11.5. The van der Waals surface area contributed by atoms with Crippen molar-refractivity contribution < 1.29 is 4.74 Å². The van der Waals surface area contributed by atoms with Crippen LogP contribution in [0.15, 0.2) is 60.7 Å². The van der Waals surface area contributed by atoms with Gasteiger partial charge in [-0.2, -0.15) is 0 Å². The Morgan fingerprint density at radius 1 is 0.850 bits per heavy atom. The lowest BCUT2D eigenvalue weighted by Crippen LogP contribution is -2.34. The van der Waals surface area contributed by atoms with Gasteiger partial charge in [-0.1, -0.05) is 60.7 Å². The maximum atomic E-state index is 5.35. The molecule has 0 N–H and O–H groups in total. The Morgan fingerprint density at radius 3 is 1.85 bits per heavy atom. The van der Waals surface area contributed by atoms with Crippen molar-refractivity contribution in [2.75, 3.05) is 19.8 Å². The van der Waals surface area contributed by atoms with Gasteiger partial charge in [-0.3, -0.25) is 4.90 Å². The predicted octanol–water partition coefficient (Wildman–Crippen LogP) is 3.11. The molecule has 0 aliphatic carbocycles. The van der Waals surface area contributed by atoms with E-state index in [9.17, 15) is 0 Å². The monoisotopic (exact) mass is 265 g/mol. The van der Waals surface area contributed by atoms with Crippen molar-refractivity contribution in [3.8, 4) is 0 Å². The van der Waals surface area contributed by atoms with E-state index in [0.29, 0.717) is 12.1 Å². The molecule has 0 aromatic heterocycles. The molecule has 0 saturated carbocycles. The molecule has 2 aliphatic heterocycles. The van der Waals surface area contributed by atoms with Crippen LogP contribution < -0.4 is 0 Å². The number of rotatable bonds is 4. The fourth-order valence-electron chi connectivity index (χ4n) is 3.21. The van der Waals surface area contributed by atoms with Gasteiger partial charge in [-0.25, -0.2) is 0 Å². The van der Waals surface area contributed by atoms with Gasteiger partial charge in [0.05, 0.1) is 19.3 Å². The number of hydrogen-bond donors (Lipinski definition) is 0. The van der Waals surface area contributed by atoms with Crippen LogP contribution >= 0.6 is 0 Å². The lowest BCUT2D eigenvalue weighted by molar-refractivity contribution is -0.0383. The minimum atomic E-state index is 0.392. The van der Waals surface area contributed by atoms with Crippen LogP contribution in [0.2, 0.25) is 0 Å². The van der Waals surface area contributed by atoms with Gasteiger partial charge in [0, 0.05) is 18.5 Å². The van der Waals surface area contributed by atoms with Gasteiger partial charge in [0.25, 0.3) is 0 Å². The van der Waals surface area contributed by atoms with Gasteiger partial charge in [0.1, 0.15) is 0 Å². The third-order valence-electron chi connectivity index (χ3n) is 4.46. The number of benzene rings is 2. The average molecular weight is 265 g/mol. The van der Waals surface area contributed by atoms with E-state index in [-0.39, 0.29) is 0 Å². The maximum Gasteiger partial charge on any atom is 0.0605 e. The largest absolute Gasteiger partial charge is 0.381 e. The third kappa shape index (κ3) is 2.15. The van der Waals surface area contributed by atoms with Crippen molar-refractivity contribution in [1.29, 1.82) is 0 Å². The van der Waals surface area contributed by atoms with E-state index in [1.165, 1.54) is 17.7 Å². The highest BCUT2D eigenvalue weighted by Crippen LogP contribution is 2.41. The molecule has 0 spiro atoms. The molecule has 20 heavy (non-hydrogen) atoms. The van der Waals surface area contributed by atoms with E-state index in [2.05, 4.69) is 65.6 Å². The molecule has 0 bridgehead atoms. The number of hydrogen-bond acceptors (Lipinski definition) is 2. The summed E-state index contributed by atoms with van der Waals surface area (Å²) >= 11 is 0. The van der Waals surface area contributed by atoms with Crippen molar-refractivity contribution in [2.45, 2.75) is 12.1 Å². The molecule has 2 aromatic carbocycles. The molecule has 2 aliphatic rings. The molecule has 2 aromatic rings. The second kappa shape index (κ2) is 5.04. The van der Waals surface area contributed by atoms with Crippen LogP contribution in [0.3, 0.4) is 0 Å². The van der Waals surface area contributed by atoms with E-state index >= 15 is 0 Å². The summed E-state index contributed by atoms with van der Waals surface area (Å²) in [4.78, 5) is 2.61. The minimum Gasteiger partial charge on any atom is -0.381 e. The third-order valence-corrected chi connectivity index (χ3v) is 4.46. The summed E-state index contributed by atoms with van der Waals surface area (Å²) in [5.41, 5.74) is 2.78. The first-order chi connectivity index (χ1) is 9.93. The van der Waals surface area contributed by atoms with E-state index in [1.54, 1.807) is 0 Å². The molecule has 4 rings (SSSR count). The molecular weight excluding hydrogens is 246 g/mol. The molecule has 2 heteroatoms. The molecule has 2 heterocycles. The van der Waals surface area contributed by atoms with Gasteiger partial charge in [-0.05, 0) is 11.1 Å². The van der Waals surface area contributed by atoms with Crippen LogP contribution in [0.1, 0.15) is 17.2 Å². The predicted molar refractivity (Wildman–Crippen MR) is 79.5 cm³/mol. The summed E-state index contributed by atoms with van der Waals surface area (Å²) in [6.45, 7) is 3.08. The van der Waals surface area contributed by atoms with Gasteiger partial charge in [0.15, 0.2) is 0 Å². The van der Waals surface area contributed by atoms with Crippen molar-refractivity contribution >= 4 is 0 Å². The summed E-state index contributed by atoms with van der Waals surface area (Å²) in [5, 5.41) is 0. The number of nitrogens with zero attached hydrogens (tertiary/aromatic N) is 1. The molecule has 2 fully saturated rings. The highest BCUT2D eigenvalue weighted by molar-refractivity contribution is 5.33. The lowest BCUT2D eigenvalue weighted by atomic mass is 9.97. The second-order valence-electron chi connectivity index (χ2n) is 5.79. The molecule has 1 unspecified atom stereocenters. The fraction of sp³-hybridized carbons (Fsp3) is 0.333. The quantitative estimate of drug-likeness (QED) is 0.787.